The molecule has 1 aliphatic rings. The van der Waals surface area contributed by atoms with Crippen molar-refractivity contribution in [2.24, 2.45) is 0 Å². The summed E-state index contributed by atoms with van der Waals surface area (Å²) in [7, 11) is 1.66. The summed E-state index contributed by atoms with van der Waals surface area (Å²) < 4.78 is 18.5. The molecule has 0 spiro atoms. The molecule has 0 amide bonds. The van der Waals surface area contributed by atoms with E-state index in [0.29, 0.717) is 12.1 Å². The SMILES string of the molecule is COc1ccc(N2CCN(Cc3cc(F)ccc3O)CC2)cc1. The van der Waals surface area contributed by atoms with Gasteiger partial charge in [-0.1, -0.05) is 0 Å². The molecule has 0 atom stereocenters. The molecule has 0 radical (unpaired) electrons. The molecule has 1 saturated heterocycles. The molecular formula is C18H21FN2O2. The first-order valence-corrected chi connectivity index (χ1v) is 7.74. The fraction of sp³-hybridized carbons (Fsp3) is 0.333. The maximum atomic E-state index is 13.3. The fourth-order valence-electron chi connectivity index (χ4n) is 2.88. The van der Waals surface area contributed by atoms with Crippen molar-refractivity contribution in [3.05, 3.63) is 53.8 Å². The number of halogens is 1. The molecule has 122 valence electrons. The topological polar surface area (TPSA) is 35.9 Å². The molecule has 1 aliphatic heterocycles. The summed E-state index contributed by atoms with van der Waals surface area (Å²) in [6.07, 6.45) is 0. The monoisotopic (exact) mass is 316 g/mol. The van der Waals surface area contributed by atoms with E-state index in [9.17, 15) is 9.50 Å². The Hall–Kier alpha value is -2.27. The third-order valence-corrected chi connectivity index (χ3v) is 4.25. The Labute approximate surface area is 135 Å². The van der Waals surface area contributed by atoms with Gasteiger partial charge in [-0.2, -0.15) is 0 Å². The van der Waals surface area contributed by atoms with E-state index in [-0.39, 0.29) is 11.6 Å². The normalized spacial score (nSPS) is 15.7. The van der Waals surface area contributed by atoms with E-state index in [4.69, 9.17) is 4.74 Å². The summed E-state index contributed by atoms with van der Waals surface area (Å²) in [5.74, 6) is 0.701. The van der Waals surface area contributed by atoms with E-state index in [2.05, 4.69) is 21.9 Å². The van der Waals surface area contributed by atoms with Gasteiger partial charge < -0.3 is 14.7 Å². The Kier molecular flexibility index (Phi) is 4.67. The standard InChI is InChI=1S/C18H21FN2O2/c1-23-17-5-3-16(4-6-17)21-10-8-20(9-11-21)13-14-12-15(19)2-7-18(14)22/h2-7,12,22H,8-11,13H2,1H3. The zero-order chi connectivity index (χ0) is 16.2. The van der Waals surface area contributed by atoms with Gasteiger partial charge in [0.25, 0.3) is 0 Å². The summed E-state index contributed by atoms with van der Waals surface area (Å²) in [5, 5.41) is 9.83. The summed E-state index contributed by atoms with van der Waals surface area (Å²) in [4.78, 5) is 4.55. The second-order valence-corrected chi connectivity index (χ2v) is 5.73. The molecule has 0 aromatic heterocycles. The van der Waals surface area contributed by atoms with Crippen molar-refractivity contribution in [1.29, 1.82) is 0 Å². The summed E-state index contributed by atoms with van der Waals surface area (Å²) >= 11 is 0. The first kappa shape index (κ1) is 15.6. The smallest absolute Gasteiger partial charge is 0.123 e. The van der Waals surface area contributed by atoms with Crippen molar-refractivity contribution >= 4 is 5.69 Å². The van der Waals surface area contributed by atoms with Crippen molar-refractivity contribution in [2.45, 2.75) is 6.54 Å². The number of hydrogen-bond donors (Lipinski definition) is 1. The minimum absolute atomic E-state index is 0.156. The number of rotatable bonds is 4. The fourth-order valence-corrected chi connectivity index (χ4v) is 2.88. The predicted octanol–water partition coefficient (Wildman–Crippen LogP) is 2.86. The molecule has 3 rings (SSSR count). The van der Waals surface area contributed by atoms with Crippen molar-refractivity contribution < 1.29 is 14.2 Å². The van der Waals surface area contributed by atoms with Crippen LogP contribution in [0.1, 0.15) is 5.56 Å². The van der Waals surface area contributed by atoms with E-state index in [1.165, 1.54) is 23.9 Å². The van der Waals surface area contributed by atoms with Crippen LogP contribution in [0.3, 0.4) is 0 Å². The van der Waals surface area contributed by atoms with Gasteiger partial charge in [0.05, 0.1) is 7.11 Å². The van der Waals surface area contributed by atoms with Gasteiger partial charge >= 0.3 is 0 Å². The molecule has 2 aromatic rings. The quantitative estimate of drug-likeness (QED) is 0.941. The van der Waals surface area contributed by atoms with Crippen LogP contribution in [0, 0.1) is 5.82 Å². The minimum atomic E-state index is -0.310. The zero-order valence-corrected chi connectivity index (χ0v) is 13.2. The third kappa shape index (κ3) is 3.74. The van der Waals surface area contributed by atoms with Gasteiger partial charge in [-0.25, -0.2) is 4.39 Å². The highest BCUT2D eigenvalue weighted by molar-refractivity contribution is 5.49. The highest BCUT2D eigenvalue weighted by atomic mass is 19.1. The largest absolute Gasteiger partial charge is 0.508 e. The number of hydrogen-bond acceptors (Lipinski definition) is 4. The van der Waals surface area contributed by atoms with E-state index < -0.39 is 0 Å². The van der Waals surface area contributed by atoms with Crippen LogP contribution < -0.4 is 9.64 Å². The van der Waals surface area contributed by atoms with Gasteiger partial charge in [0.1, 0.15) is 17.3 Å². The molecule has 1 fully saturated rings. The number of anilines is 1. The average Bonchev–Trinajstić information content (AvgIpc) is 2.59. The number of benzene rings is 2. The second-order valence-electron chi connectivity index (χ2n) is 5.73. The molecule has 5 heteroatoms. The zero-order valence-electron chi connectivity index (χ0n) is 13.2. The Balaban J connectivity index is 1.58. The lowest BCUT2D eigenvalue weighted by Crippen LogP contribution is -2.45. The highest BCUT2D eigenvalue weighted by Crippen LogP contribution is 2.23. The number of piperazine rings is 1. The predicted molar refractivity (Wildman–Crippen MR) is 88.5 cm³/mol. The molecule has 0 unspecified atom stereocenters. The second kappa shape index (κ2) is 6.87. The molecule has 1 heterocycles. The van der Waals surface area contributed by atoms with E-state index in [1.807, 2.05) is 12.1 Å². The first-order chi connectivity index (χ1) is 11.2. The lowest BCUT2D eigenvalue weighted by molar-refractivity contribution is 0.246. The molecule has 4 nitrogen and oxygen atoms in total. The highest BCUT2D eigenvalue weighted by Gasteiger charge is 2.18. The van der Waals surface area contributed by atoms with Crippen LogP contribution in [0.4, 0.5) is 10.1 Å². The Morgan fingerprint density at radius 2 is 1.74 bits per heavy atom. The van der Waals surface area contributed by atoms with Crippen LogP contribution in [-0.2, 0) is 6.54 Å². The Morgan fingerprint density at radius 3 is 2.39 bits per heavy atom. The lowest BCUT2D eigenvalue weighted by atomic mass is 10.1. The molecule has 1 N–H and O–H groups in total. The van der Waals surface area contributed by atoms with Gasteiger partial charge in [-0.15, -0.1) is 0 Å². The summed E-state index contributed by atoms with van der Waals surface area (Å²) in [5.41, 5.74) is 1.82. The Morgan fingerprint density at radius 1 is 1.04 bits per heavy atom. The minimum Gasteiger partial charge on any atom is -0.508 e. The van der Waals surface area contributed by atoms with Gasteiger partial charge in [0.2, 0.25) is 0 Å². The van der Waals surface area contributed by atoms with Gasteiger partial charge in [-0.05, 0) is 42.5 Å². The summed E-state index contributed by atoms with van der Waals surface area (Å²) in [6.45, 7) is 4.13. The number of phenols is 1. The number of aromatic hydroxyl groups is 1. The molecule has 0 saturated carbocycles. The van der Waals surface area contributed by atoms with Crippen LogP contribution in [0.15, 0.2) is 42.5 Å². The van der Waals surface area contributed by atoms with Crippen molar-refractivity contribution in [1.82, 2.24) is 4.90 Å². The van der Waals surface area contributed by atoms with Crippen LogP contribution in [0.25, 0.3) is 0 Å². The van der Waals surface area contributed by atoms with Crippen LogP contribution in [-0.4, -0.2) is 43.3 Å². The third-order valence-electron chi connectivity index (χ3n) is 4.25. The molecule has 0 bridgehead atoms. The van der Waals surface area contributed by atoms with Gasteiger partial charge in [0, 0.05) is 44.0 Å². The van der Waals surface area contributed by atoms with Crippen LogP contribution in [0.5, 0.6) is 11.5 Å². The number of methoxy groups -OCH3 is 1. The number of nitrogens with zero attached hydrogens (tertiary/aromatic N) is 2. The maximum Gasteiger partial charge on any atom is 0.123 e. The van der Waals surface area contributed by atoms with Crippen molar-refractivity contribution in [2.75, 3.05) is 38.2 Å². The van der Waals surface area contributed by atoms with Crippen LogP contribution >= 0.6 is 0 Å². The molecule has 23 heavy (non-hydrogen) atoms. The lowest BCUT2D eigenvalue weighted by Gasteiger charge is -2.36. The number of phenolic OH excluding ortho intramolecular Hbond substituents is 1. The van der Waals surface area contributed by atoms with Gasteiger partial charge in [-0.3, -0.25) is 4.90 Å². The maximum absolute atomic E-state index is 13.3. The van der Waals surface area contributed by atoms with Crippen LogP contribution in [0.2, 0.25) is 0 Å². The molecule has 0 aliphatic carbocycles. The van der Waals surface area contributed by atoms with Crippen molar-refractivity contribution in [3.8, 4) is 11.5 Å². The number of ether oxygens (including phenoxy) is 1. The van der Waals surface area contributed by atoms with E-state index in [0.717, 1.165) is 31.9 Å². The van der Waals surface area contributed by atoms with Gasteiger partial charge in [0.15, 0.2) is 0 Å². The molecular weight excluding hydrogens is 295 g/mol. The van der Waals surface area contributed by atoms with E-state index >= 15 is 0 Å². The molecule has 2 aromatic carbocycles. The van der Waals surface area contributed by atoms with Crippen molar-refractivity contribution in [3.63, 3.8) is 0 Å². The first-order valence-electron chi connectivity index (χ1n) is 7.74. The summed E-state index contributed by atoms with van der Waals surface area (Å²) in [6, 6.07) is 12.2. The van der Waals surface area contributed by atoms with E-state index in [1.54, 1.807) is 7.11 Å². The Bertz CT molecular complexity index is 653. The average molecular weight is 316 g/mol.